The molecular weight excluding hydrogens is 192 g/mol. The second-order valence-corrected chi connectivity index (χ2v) is 3.23. The van der Waals surface area contributed by atoms with Gasteiger partial charge in [-0.1, -0.05) is 0 Å². The lowest BCUT2D eigenvalue weighted by Crippen LogP contribution is -1.94. The lowest BCUT2D eigenvalue weighted by Gasteiger charge is -1.94. The molecule has 6 nitrogen and oxygen atoms in total. The van der Waals surface area contributed by atoms with Crippen LogP contribution in [0.3, 0.4) is 0 Å². The third kappa shape index (κ3) is 1.18. The average molecular weight is 200 g/mol. The molecule has 3 aromatic rings. The number of aromatic amines is 1. The number of rotatable bonds is 1. The van der Waals surface area contributed by atoms with Gasteiger partial charge in [-0.3, -0.25) is 5.10 Å². The number of nitrogens with one attached hydrogen (secondary N) is 1. The Kier molecular flexibility index (Phi) is 1.55. The molecule has 0 atom stereocenters. The summed E-state index contributed by atoms with van der Waals surface area (Å²) in [5, 5.41) is 11.2. The molecular formula is C9H8N6. The summed E-state index contributed by atoms with van der Waals surface area (Å²) in [6.45, 7) is 1.96. The molecule has 1 N–H and O–H groups in total. The molecule has 0 bridgehead atoms. The Morgan fingerprint density at radius 1 is 1.20 bits per heavy atom. The molecule has 0 amide bonds. The van der Waals surface area contributed by atoms with Gasteiger partial charge in [-0.25, -0.2) is 14.5 Å². The molecule has 6 heteroatoms. The van der Waals surface area contributed by atoms with E-state index in [0.29, 0.717) is 11.6 Å². The summed E-state index contributed by atoms with van der Waals surface area (Å²) in [5.41, 5.74) is 1.80. The van der Waals surface area contributed by atoms with Crippen LogP contribution in [0.4, 0.5) is 0 Å². The number of nitrogens with zero attached hydrogens (tertiary/aromatic N) is 5. The maximum Gasteiger partial charge on any atom is 0.221 e. The molecule has 0 aromatic carbocycles. The van der Waals surface area contributed by atoms with Crippen LogP contribution in [0.15, 0.2) is 24.5 Å². The van der Waals surface area contributed by atoms with Crippen molar-refractivity contribution < 1.29 is 0 Å². The smallest absolute Gasteiger partial charge is 0.221 e. The summed E-state index contributed by atoms with van der Waals surface area (Å²) >= 11 is 0. The van der Waals surface area contributed by atoms with Crippen molar-refractivity contribution in [3.05, 3.63) is 30.2 Å². The summed E-state index contributed by atoms with van der Waals surface area (Å²) < 4.78 is 1.77. The van der Waals surface area contributed by atoms with Crippen LogP contribution in [-0.2, 0) is 0 Å². The van der Waals surface area contributed by atoms with Gasteiger partial charge < -0.3 is 0 Å². The zero-order valence-electron chi connectivity index (χ0n) is 8.05. The van der Waals surface area contributed by atoms with Gasteiger partial charge in [-0.2, -0.15) is 0 Å². The molecule has 0 saturated heterocycles. The van der Waals surface area contributed by atoms with Crippen LogP contribution in [0.2, 0.25) is 0 Å². The van der Waals surface area contributed by atoms with Crippen LogP contribution in [-0.4, -0.2) is 29.8 Å². The Morgan fingerprint density at radius 3 is 2.80 bits per heavy atom. The van der Waals surface area contributed by atoms with Gasteiger partial charge in [0.25, 0.3) is 0 Å². The standard InChI is InChI=1S/C9H8N6/c1-6-5-7-12-13-9(15(7)14-6)8-10-3-2-4-11-8/h2-5,14H,1H3. The third-order valence-electron chi connectivity index (χ3n) is 2.09. The predicted molar refractivity (Wildman–Crippen MR) is 53.1 cm³/mol. The highest BCUT2D eigenvalue weighted by molar-refractivity contribution is 5.51. The zero-order valence-corrected chi connectivity index (χ0v) is 8.05. The van der Waals surface area contributed by atoms with Crippen LogP contribution < -0.4 is 0 Å². The van der Waals surface area contributed by atoms with Gasteiger partial charge >= 0.3 is 0 Å². The van der Waals surface area contributed by atoms with Gasteiger partial charge in [0, 0.05) is 24.2 Å². The van der Waals surface area contributed by atoms with Crippen molar-refractivity contribution in [2.45, 2.75) is 6.92 Å². The summed E-state index contributed by atoms with van der Waals surface area (Å²) in [4.78, 5) is 8.25. The van der Waals surface area contributed by atoms with Crippen molar-refractivity contribution in [2.24, 2.45) is 0 Å². The van der Waals surface area contributed by atoms with Crippen LogP contribution >= 0.6 is 0 Å². The highest BCUT2D eigenvalue weighted by atomic mass is 15.4. The molecule has 74 valence electrons. The van der Waals surface area contributed by atoms with Crippen molar-refractivity contribution in [1.82, 2.24) is 29.8 Å². The van der Waals surface area contributed by atoms with E-state index in [1.165, 1.54) is 0 Å². The highest BCUT2D eigenvalue weighted by Crippen LogP contribution is 2.12. The molecule has 15 heavy (non-hydrogen) atoms. The van der Waals surface area contributed by atoms with Crippen LogP contribution in [0.25, 0.3) is 17.3 Å². The zero-order chi connectivity index (χ0) is 10.3. The summed E-state index contributed by atoms with van der Waals surface area (Å²) in [6.07, 6.45) is 3.36. The number of fused-ring (bicyclic) bond motifs is 1. The second kappa shape index (κ2) is 2.88. The molecule has 0 fully saturated rings. The summed E-state index contributed by atoms with van der Waals surface area (Å²) in [5.74, 6) is 1.19. The largest absolute Gasteiger partial charge is 0.295 e. The quantitative estimate of drug-likeness (QED) is 0.631. The molecule has 0 aliphatic rings. The molecule has 0 spiro atoms. The molecule has 3 rings (SSSR count). The maximum absolute atomic E-state index is 4.13. The van der Waals surface area contributed by atoms with Crippen LogP contribution in [0.5, 0.6) is 0 Å². The number of hydrogen-bond donors (Lipinski definition) is 1. The molecule has 0 unspecified atom stereocenters. The second-order valence-electron chi connectivity index (χ2n) is 3.23. The first-order valence-electron chi connectivity index (χ1n) is 4.53. The first kappa shape index (κ1) is 8.10. The van der Waals surface area contributed by atoms with Gasteiger partial charge in [-0.05, 0) is 13.0 Å². The minimum atomic E-state index is 0.562. The summed E-state index contributed by atoms with van der Waals surface area (Å²) in [6, 6.07) is 3.68. The van der Waals surface area contributed by atoms with E-state index >= 15 is 0 Å². The minimum absolute atomic E-state index is 0.562. The topological polar surface area (TPSA) is 71.8 Å². The number of hydrogen-bond acceptors (Lipinski definition) is 4. The van der Waals surface area contributed by atoms with E-state index in [-0.39, 0.29) is 0 Å². The van der Waals surface area contributed by atoms with Gasteiger partial charge in [0.2, 0.25) is 5.82 Å². The Morgan fingerprint density at radius 2 is 2.00 bits per heavy atom. The fourth-order valence-corrected chi connectivity index (χ4v) is 1.46. The molecule has 0 radical (unpaired) electrons. The lowest BCUT2D eigenvalue weighted by molar-refractivity contribution is 0.920. The first-order valence-corrected chi connectivity index (χ1v) is 4.53. The van der Waals surface area contributed by atoms with Crippen molar-refractivity contribution in [3.8, 4) is 11.6 Å². The van der Waals surface area contributed by atoms with E-state index in [1.54, 1.807) is 23.0 Å². The third-order valence-corrected chi connectivity index (χ3v) is 2.09. The van der Waals surface area contributed by atoms with Gasteiger partial charge in [0.1, 0.15) is 0 Å². The lowest BCUT2D eigenvalue weighted by atomic mass is 10.5. The SMILES string of the molecule is Cc1cc2nnc(-c3ncccn3)n2[nH]1. The number of aryl methyl sites for hydroxylation is 1. The first-order chi connectivity index (χ1) is 7.34. The van der Waals surface area contributed by atoms with Gasteiger partial charge in [0.15, 0.2) is 11.5 Å². The number of aromatic nitrogens is 6. The van der Waals surface area contributed by atoms with Gasteiger partial charge in [-0.15, -0.1) is 10.2 Å². The normalized spacial score (nSPS) is 11.0. The van der Waals surface area contributed by atoms with E-state index < -0.39 is 0 Å². The van der Waals surface area contributed by atoms with E-state index in [4.69, 9.17) is 0 Å². The predicted octanol–water partition coefficient (Wildman–Crippen LogP) is 0.823. The summed E-state index contributed by atoms with van der Waals surface area (Å²) in [7, 11) is 0. The number of H-pyrrole nitrogens is 1. The van der Waals surface area contributed by atoms with E-state index in [1.807, 2.05) is 13.0 Å². The van der Waals surface area contributed by atoms with Crippen molar-refractivity contribution in [3.63, 3.8) is 0 Å². The molecule has 3 heterocycles. The molecule has 0 aliphatic carbocycles. The molecule has 3 aromatic heterocycles. The average Bonchev–Trinajstić information content (AvgIpc) is 2.77. The monoisotopic (exact) mass is 200 g/mol. The van der Waals surface area contributed by atoms with E-state index in [9.17, 15) is 0 Å². The van der Waals surface area contributed by atoms with Gasteiger partial charge in [0.05, 0.1) is 0 Å². The Bertz CT molecular complexity index is 593. The van der Waals surface area contributed by atoms with Crippen molar-refractivity contribution in [2.75, 3.05) is 0 Å². The molecule has 0 aliphatic heterocycles. The highest BCUT2D eigenvalue weighted by Gasteiger charge is 2.11. The molecule has 0 saturated carbocycles. The Balaban J connectivity index is 2.27. The van der Waals surface area contributed by atoms with Crippen molar-refractivity contribution >= 4 is 5.65 Å². The van der Waals surface area contributed by atoms with Crippen LogP contribution in [0.1, 0.15) is 5.69 Å². The maximum atomic E-state index is 4.13. The van der Waals surface area contributed by atoms with E-state index in [2.05, 4.69) is 25.3 Å². The fraction of sp³-hybridized carbons (Fsp3) is 0.111. The van der Waals surface area contributed by atoms with E-state index in [0.717, 1.165) is 11.3 Å². The Labute approximate surface area is 85.0 Å². The minimum Gasteiger partial charge on any atom is -0.295 e. The van der Waals surface area contributed by atoms with Crippen LogP contribution in [0, 0.1) is 6.92 Å². The van der Waals surface area contributed by atoms with Crippen molar-refractivity contribution in [1.29, 1.82) is 0 Å². The Hall–Kier alpha value is -2.24. The fourth-order valence-electron chi connectivity index (χ4n) is 1.46.